The summed E-state index contributed by atoms with van der Waals surface area (Å²) in [5.41, 5.74) is 1.26. The highest BCUT2D eigenvalue weighted by atomic mass is 35.5. The van der Waals surface area contributed by atoms with Crippen molar-refractivity contribution in [1.82, 2.24) is 10.2 Å². The van der Waals surface area contributed by atoms with E-state index in [0.29, 0.717) is 0 Å². The highest BCUT2D eigenvalue weighted by molar-refractivity contribution is 6.31. The fourth-order valence-corrected chi connectivity index (χ4v) is 3.15. The summed E-state index contributed by atoms with van der Waals surface area (Å²) in [6.45, 7) is 4.62. The molecule has 2 aliphatic rings. The average molecular weight is 279 g/mol. The molecular formula is C16H23ClN2. The highest BCUT2D eigenvalue weighted by Crippen LogP contribution is 2.23. The molecule has 2 nitrogen and oxygen atoms in total. The van der Waals surface area contributed by atoms with Crippen LogP contribution in [0.4, 0.5) is 0 Å². The minimum Gasteiger partial charge on any atom is -0.314 e. The van der Waals surface area contributed by atoms with Crippen LogP contribution in [0.25, 0.3) is 0 Å². The van der Waals surface area contributed by atoms with Crippen molar-refractivity contribution in [2.45, 2.75) is 38.3 Å². The standard InChI is InChI=1S/C16H23ClN2/c17-16-6-2-1-5-14(16)12-19-9-3-4-13(11-19)10-18-15-7-8-15/h1-2,5-6,13,15,18H,3-4,7-12H2. The van der Waals surface area contributed by atoms with Gasteiger partial charge in [0.05, 0.1) is 0 Å². The van der Waals surface area contributed by atoms with Crippen LogP contribution in [0.5, 0.6) is 0 Å². The molecule has 1 N–H and O–H groups in total. The van der Waals surface area contributed by atoms with E-state index in [9.17, 15) is 0 Å². The molecule has 1 unspecified atom stereocenters. The maximum atomic E-state index is 6.25. The van der Waals surface area contributed by atoms with Crippen molar-refractivity contribution in [2.75, 3.05) is 19.6 Å². The molecule has 0 bridgehead atoms. The van der Waals surface area contributed by atoms with Gasteiger partial charge in [0.15, 0.2) is 0 Å². The summed E-state index contributed by atoms with van der Waals surface area (Å²) in [5.74, 6) is 0.817. The third-order valence-corrected chi connectivity index (χ3v) is 4.60. The lowest BCUT2D eigenvalue weighted by atomic mass is 9.97. The van der Waals surface area contributed by atoms with Gasteiger partial charge in [-0.3, -0.25) is 4.90 Å². The van der Waals surface area contributed by atoms with Crippen LogP contribution < -0.4 is 5.32 Å². The number of hydrogen-bond donors (Lipinski definition) is 1. The van der Waals surface area contributed by atoms with Crippen molar-refractivity contribution in [3.63, 3.8) is 0 Å². The summed E-state index contributed by atoms with van der Waals surface area (Å²) in [7, 11) is 0. The van der Waals surface area contributed by atoms with Gasteiger partial charge < -0.3 is 5.32 Å². The Balaban J connectivity index is 1.51. The van der Waals surface area contributed by atoms with Gasteiger partial charge in [-0.2, -0.15) is 0 Å². The van der Waals surface area contributed by atoms with E-state index >= 15 is 0 Å². The van der Waals surface area contributed by atoms with Crippen molar-refractivity contribution >= 4 is 11.6 Å². The third-order valence-electron chi connectivity index (χ3n) is 4.23. The quantitative estimate of drug-likeness (QED) is 0.889. The van der Waals surface area contributed by atoms with Crippen LogP contribution in [0.3, 0.4) is 0 Å². The van der Waals surface area contributed by atoms with Crippen LogP contribution in [0.1, 0.15) is 31.2 Å². The van der Waals surface area contributed by atoms with Gasteiger partial charge in [0.2, 0.25) is 0 Å². The molecule has 1 saturated heterocycles. The molecule has 3 heteroatoms. The Morgan fingerprint density at radius 3 is 2.84 bits per heavy atom. The molecule has 104 valence electrons. The van der Waals surface area contributed by atoms with Crippen molar-refractivity contribution in [2.24, 2.45) is 5.92 Å². The Hall–Kier alpha value is -0.570. The Bertz CT molecular complexity index is 417. The molecule has 0 radical (unpaired) electrons. The van der Waals surface area contributed by atoms with Gasteiger partial charge in [-0.1, -0.05) is 29.8 Å². The molecular weight excluding hydrogens is 256 g/mol. The van der Waals surface area contributed by atoms with Gasteiger partial charge >= 0.3 is 0 Å². The van der Waals surface area contributed by atoms with E-state index in [2.05, 4.69) is 22.3 Å². The zero-order chi connectivity index (χ0) is 13.1. The van der Waals surface area contributed by atoms with E-state index in [1.54, 1.807) is 0 Å². The van der Waals surface area contributed by atoms with Crippen LogP contribution >= 0.6 is 11.6 Å². The number of rotatable bonds is 5. The third kappa shape index (κ3) is 3.95. The molecule has 2 fully saturated rings. The van der Waals surface area contributed by atoms with Crippen molar-refractivity contribution in [3.05, 3.63) is 34.9 Å². The molecule has 3 rings (SSSR count). The van der Waals surface area contributed by atoms with E-state index in [-0.39, 0.29) is 0 Å². The summed E-state index contributed by atoms with van der Waals surface area (Å²) in [6, 6.07) is 9.06. The lowest BCUT2D eigenvalue weighted by Crippen LogP contribution is -2.39. The maximum absolute atomic E-state index is 6.25. The number of likely N-dealkylation sites (tertiary alicyclic amines) is 1. The Morgan fingerprint density at radius 1 is 1.21 bits per heavy atom. The highest BCUT2D eigenvalue weighted by Gasteiger charge is 2.24. The molecule has 1 heterocycles. The molecule has 0 spiro atoms. The first kappa shape index (κ1) is 13.4. The van der Waals surface area contributed by atoms with E-state index in [4.69, 9.17) is 11.6 Å². The summed E-state index contributed by atoms with van der Waals surface area (Å²) < 4.78 is 0. The molecule has 1 aliphatic carbocycles. The molecule has 1 aromatic rings. The van der Waals surface area contributed by atoms with Crippen LogP contribution in [-0.4, -0.2) is 30.6 Å². The Labute approximate surface area is 121 Å². The maximum Gasteiger partial charge on any atom is 0.0451 e. The SMILES string of the molecule is Clc1ccccc1CN1CCCC(CNC2CC2)C1. The molecule has 0 aromatic heterocycles. The number of benzene rings is 1. The summed E-state index contributed by atoms with van der Waals surface area (Å²) in [4.78, 5) is 2.56. The smallest absolute Gasteiger partial charge is 0.0451 e. The van der Waals surface area contributed by atoms with E-state index < -0.39 is 0 Å². The fourth-order valence-electron chi connectivity index (χ4n) is 2.95. The van der Waals surface area contributed by atoms with Gasteiger partial charge in [0, 0.05) is 24.2 Å². The molecule has 1 saturated carbocycles. The minimum absolute atomic E-state index is 0.817. The van der Waals surface area contributed by atoms with Crippen molar-refractivity contribution < 1.29 is 0 Å². The predicted molar refractivity (Wildman–Crippen MR) is 80.5 cm³/mol. The van der Waals surface area contributed by atoms with Crippen LogP contribution in [-0.2, 0) is 6.54 Å². The summed E-state index contributed by atoms with van der Waals surface area (Å²) in [6.07, 6.45) is 5.46. The number of piperidine rings is 1. The van der Waals surface area contributed by atoms with Crippen LogP contribution in [0.15, 0.2) is 24.3 Å². The van der Waals surface area contributed by atoms with E-state index in [0.717, 1.165) is 23.5 Å². The Morgan fingerprint density at radius 2 is 2.05 bits per heavy atom. The first-order chi connectivity index (χ1) is 9.31. The van der Waals surface area contributed by atoms with Crippen LogP contribution in [0.2, 0.25) is 5.02 Å². The summed E-state index contributed by atoms with van der Waals surface area (Å²) >= 11 is 6.25. The second-order valence-corrected chi connectivity index (χ2v) is 6.42. The lowest BCUT2D eigenvalue weighted by molar-refractivity contribution is 0.165. The second kappa shape index (κ2) is 6.25. The number of nitrogens with one attached hydrogen (secondary N) is 1. The molecule has 19 heavy (non-hydrogen) atoms. The Kier molecular flexibility index (Phi) is 4.42. The summed E-state index contributed by atoms with van der Waals surface area (Å²) in [5, 5.41) is 4.57. The van der Waals surface area contributed by atoms with Crippen molar-refractivity contribution in [1.29, 1.82) is 0 Å². The first-order valence-corrected chi connectivity index (χ1v) is 7.88. The van der Waals surface area contributed by atoms with E-state index in [1.165, 1.54) is 50.9 Å². The monoisotopic (exact) mass is 278 g/mol. The first-order valence-electron chi connectivity index (χ1n) is 7.50. The minimum atomic E-state index is 0.817. The fraction of sp³-hybridized carbons (Fsp3) is 0.625. The second-order valence-electron chi connectivity index (χ2n) is 6.02. The van der Waals surface area contributed by atoms with Crippen LogP contribution in [0, 0.1) is 5.92 Å². The number of halogens is 1. The normalized spacial score (nSPS) is 24.6. The topological polar surface area (TPSA) is 15.3 Å². The van der Waals surface area contributed by atoms with E-state index in [1.807, 2.05) is 12.1 Å². The zero-order valence-electron chi connectivity index (χ0n) is 11.4. The van der Waals surface area contributed by atoms with Gasteiger partial charge in [-0.05, 0) is 56.3 Å². The average Bonchev–Trinajstić information content (AvgIpc) is 3.24. The largest absolute Gasteiger partial charge is 0.314 e. The molecule has 1 aromatic carbocycles. The lowest BCUT2D eigenvalue weighted by Gasteiger charge is -2.33. The van der Waals surface area contributed by atoms with Gasteiger partial charge in [-0.25, -0.2) is 0 Å². The number of nitrogens with zero attached hydrogens (tertiary/aromatic N) is 1. The zero-order valence-corrected chi connectivity index (χ0v) is 12.2. The number of hydrogen-bond acceptors (Lipinski definition) is 2. The predicted octanol–water partition coefficient (Wildman–Crippen LogP) is 3.30. The molecule has 1 atom stereocenters. The van der Waals surface area contributed by atoms with Gasteiger partial charge in [-0.15, -0.1) is 0 Å². The molecule has 1 aliphatic heterocycles. The van der Waals surface area contributed by atoms with Gasteiger partial charge in [0.25, 0.3) is 0 Å². The van der Waals surface area contributed by atoms with Crippen molar-refractivity contribution in [3.8, 4) is 0 Å². The molecule has 0 amide bonds. The van der Waals surface area contributed by atoms with Gasteiger partial charge in [0.1, 0.15) is 0 Å².